The first-order valence-corrected chi connectivity index (χ1v) is 31.9. The number of rotatable bonds is 55. The fraction of sp³-hybridized carbons (Fsp3) is 0.652. The van der Waals surface area contributed by atoms with Crippen LogP contribution in [0, 0.1) is 0 Å². The van der Waals surface area contributed by atoms with E-state index in [1.165, 1.54) is 83.5 Å². The van der Waals surface area contributed by atoms with Crippen molar-refractivity contribution in [2.45, 2.75) is 251 Å². The number of allylic oxidation sites excluding steroid dienone is 20. The average Bonchev–Trinajstić information content (AvgIpc) is 3.43. The Morgan fingerprint density at radius 3 is 1.10 bits per heavy atom. The molecule has 0 bridgehead atoms. The lowest BCUT2D eigenvalue weighted by Gasteiger charge is -2.21. The second-order valence-electron chi connectivity index (χ2n) is 19.7. The highest BCUT2D eigenvalue weighted by atomic mass is 31.2. The molecule has 3 unspecified atom stereocenters. The molecule has 0 saturated heterocycles. The summed E-state index contributed by atoms with van der Waals surface area (Å²) in [4.78, 5) is 48.6. The van der Waals surface area contributed by atoms with Crippen molar-refractivity contribution >= 4 is 25.7 Å². The Labute approximate surface area is 475 Å². The van der Waals surface area contributed by atoms with Crippen LogP contribution in [0.4, 0.5) is 0 Å². The van der Waals surface area contributed by atoms with Crippen molar-refractivity contribution in [2.75, 3.05) is 26.4 Å². The van der Waals surface area contributed by atoms with Crippen LogP contribution < -0.4 is 0 Å². The fourth-order valence-corrected chi connectivity index (χ4v) is 8.59. The number of carbonyl (C=O) groups excluding carboxylic acids is 3. The highest BCUT2D eigenvalue weighted by molar-refractivity contribution is 7.47. The molecule has 0 aromatic carbocycles. The lowest BCUT2D eigenvalue weighted by Crippen LogP contribution is -2.30. The number of carbonyl (C=O) groups is 3. The van der Waals surface area contributed by atoms with Crippen molar-refractivity contribution < 1.29 is 52.2 Å². The molecule has 444 valence electrons. The van der Waals surface area contributed by atoms with Gasteiger partial charge in [-0.1, -0.05) is 226 Å². The molecule has 0 aromatic heterocycles. The summed E-state index contributed by atoms with van der Waals surface area (Å²) in [6, 6.07) is 0. The minimum absolute atomic E-state index is 0.0937. The largest absolute Gasteiger partial charge is 0.472 e. The van der Waals surface area contributed by atoms with E-state index in [2.05, 4.69) is 130 Å². The Morgan fingerprint density at radius 2 is 0.692 bits per heavy atom. The number of hydrogen-bond donors (Lipinski definition) is 2. The highest BCUT2D eigenvalue weighted by Crippen LogP contribution is 2.43. The maximum Gasteiger partial charge on any atom is 0.472 e. The number of aliphatic hydroxyl groups excluding tert-OH is 1. The van der Waals surface area contributed by atoms with Gasteiger partial charge in [-0.05, 0) is 116 Å². The molecule has 0 fully saturated rings. The number of phosphoric ester groups is 1. The van der Waals surface area contributed by atoms with Gasteiger partial charge >= 0.3 is 25.7 Å². The topological polar surface area (TPSA) is 155 Å². The third-order valence-electron chi connectivity index (χ3n) is 12.4. The molecule has 0 amide bonds. The van der Waals surface area contributed by atoms with E-state index in [9.17, 15) is 28.9 Å². The maximum absolute atomic E-state index is 12.9. The van der Waals surface area contributed by atoms with E-state index >= 15 is 0 Å². The smallest absolute Gasteiger partial charge is 0.462 e. The molecule has 0 aliphatic heterocycles. The van der Waals surface area contributed by atoms with E-state index in [4.69, 9.17) is 23.3 Å². The molecule has 11 nitrogen and oxygen atoms in total. The van der Waals surface area contributed by atoms with Gasteiger partial charge in [0.25, 0.3) is 0 Å². The molecule has 0 aromatic rings. The Balaban J connectivity index is 4.85. The van der Waals surface area contributed by atoms with Gasteiger partial charge in [0, 0.05) is 19.3 Å². The highest BCUT2D eigenvalue weighted by Gasteiger charge is 2.28. The molecule has 2 N–H and O–H groups in total. The van der Waals surface area contributed by atoms with Crippen LogP contribution in [0.25, 0.3) is 0 Å². The normalized spacial score (nSPS) is 14.2. The van der Waals surface area contributed by atoms with Crippen LogP contribution >= 0.6 is 7.82 Å². The van der Waals surface area contributed by atoms with E-state index in [1.54, 1.807) is 0 Å². The summed E-state index contributed by atoms with van der Waals surface area (Å²) >= 11 is 0. The van der Waals surface area contributed by atoms with E-state index in [0.717, 1.165) is 96.3 Å². The van der Waals surface area contributed by atoms with Crippen LogP contribution in [-0.2, 0) is 42.2 Å². The van der Waals surface area contributed by atoms with Crippen LogP contribution in [0.3, 0.4) is 0 Å². The molecule has 3 atom stereocenters. The monoisotopic (exact) mass is 1110 g/mol. The quantitative estimate of drug-likeness (QED) is 0.0197. The first kappa shape index (κ1) is 73.9. The number of ether oxygens (including phenoxy) is 3. The zero-order valence-electron chi connectivity index (χ0n) is 49.1. The zero-order chi connectivity index (χ0) is 56.9. The minimum atomic E-state index is -4.78. The second kappa shape index (κ2) is 59.0. The van der Waals surface area contributed by atoms with Crippen LogP contribution in [-0.4, -0.2) is 66.5 Å². The van der Waals surface area contributed by atoms with Crippen LogP contribution in [0.1, 0.15) is 239 Å². The molecule has 0 heterocycles. The van der Waals surface area contributed by atoms with Crippen molar-refractivity contribution in [2.24, 2.45) is 0 Å². The first-order chi connectivity index (χ1) is 38.2. The molecule has 0 radical (unpaired) electrons. The van der Waals surface area contributed by atoms with Crippen LogP contribution in [0.5, 0.6) is 0 Å². The number of esters is 3. The molecule has 0 aliphatic carbocycles. The Bertz CT molecular complexity index is 1770. The third-order valence-corrected chi connectivity index (χ3v) is 13.3. The number of phosphoric acid groups is 1. The summed E-state index contributed by atoms with van der Waals surface area (Å²) < 4.78 is 39.5. The predicted molar refractivity (Wildman–Crippen MR) is 325 cm³/mol. The minimum Gasteiger partial charge on any atom is -0.462 e. The summed E-state index contributed by atoms with van der Waals surface area (Å²) in [6.07, 6.45) is 73.2. The number of unbranched alkanes of at least 4 members (excludes halogenated alkanes) is 18. The molecular formula is C66H109O11P. The van der Waals surface area contributed by atoms with E-state index in [-0.39, 0.29) is 25.9 Å². The third kappa shape index (κ3) is 56.6. The molecule has 0 aliphatic rings. The Morgan fingerprint density at radius 1 is 0.372 bits per heavy atom. The number of hydrogen-bond acceptors (Lipinski definition) is 10. The van der Waals surface area contributed by atoms with E-state index in [0.29, 0.717) is 19.3 Å². The van der Waals surface area contributed by atoms with Crippen LogP contribution in [0.15, 0.2) is 122 Å². The van der Waals surface area contributed by atoms with Gasteiger partial charge in [0.15, 0.2) is 6.10 Å². The summed E-state index contributed by atoms with van der Waals surface area (Å²) in [7, 11) is -4.78. The van der Waals surface area contributed by atoms with Crippen molar-refractivity contribution in [3.05, 3.63) is 122 Å². The first-order valence-electron chi connectivity index (χ1n) is 30.4. The summed E-state index contributed by atoms with van der Waals surface area (Å²) in [6.45, 7) is 4.29. The van der Waals surface area contributed by atoms with Gasteiger partial charge in [0.1, 0.15) is 12.7 Å². The van der Waals surface area contributed by atoms with Gasteiger partial charge in [0.2, 0.25) is 0 Å². The predicted octanol–water partition coefficient (Wildman–Crippen LogP) is 18.4. The zero-order valence-corrected chi connectivity index (χ0v) is 50.0. The van der Waals surface area contributed by atoms with Gasteiger partial charge in [-0.3, -0.25) is 23.4 Å². The van der Waals surface area contributed by atoms with Crippen LogP contribution in [0.2, 0.25) is 0 Å². The van der Waals surface area contributed by atoms with Gasteiger partial charge in [0.05, 0.1) is 19.8 Å². The fourth-order valence-electron chi connectivity index (χ4n) is 7.80. The van der Waals surface area contributed by atoms with Gasteiger partial charge in [-0.25, -0.2) is 4.57 Å². The summed E-state index contributed by atoms with van der Waals surface area (Å²) in [5.74, 6) is -1.61. The van der Waals surface area contributed by atoms with Gasteiger partial charge in [-0.2, -0.15) is 0 Å². The maximum atomic E-state index is 12.9. The van der Waals surface area contributed by atoms with E-state index in [1.807, 2.05) is 12.2 Å². The van der Waals surface area contributed by atoms with Gasteiger partial charge in [-0.15, -0.1) is 0 Å². The molecule has 0 rings (SSSR count). The standard InChI is InChI=1S/C66H109O11P/c1-4-7-10-13-16-19-22-25-27-29-31-33-35-38-40-43-46-49-52-55-64(68)73-59-63(77-66(70)57-54-51-48-45-42-39-36-34-32-30-28-26-23-20-17-14-11-8-5-2)61-75-78(71,72)74-60-62(58-67)76-65(69)56-53-50-47-44-41-37-24-21-18-15-12-9-6-3/h7,9-10,12,16,18-19,21,25-28,31,33,37-38,40-41,46,49,62-63,67H,4-6,8,11,13-15,17,20,22-24,29-30,32,34-36,39,42-45,47-48,50-61H2,1-3H3,(H,71,72)/b10-7-,12-9-,19-16-,21-18-,27-25-,28-26-,33-31-,40-38-,41-37-,49-46-. The van der Waals surface area contributed by atoms with E-state index < -0.39 is 57.8 Å². The molecule has 78 heavy (non-hydrogen) atoms. The average molecular weight is 1110 g/mol. The lowest BCUT2D eigenvalue weighted by molar-refractivity contribution is -0.161. The molecular weight excluding hydrogens is 1000 g/mol. The number of aliphatic hydroxyl groups is 1. The lowest BCUT2D eigenvalue weighted by atomic mass is 10.1. The Hall–Kier alpha value is -4.12. The summed E-state index contributed by atoms with van der Waals surface area (Å²) in [5, 5.41) is 9.81. The second-order valence-corrected chi connectivity index (χ2v) is 21.2. The Kier molecular flexibility index (Phi) is 55.9. The van der Waals surface area contributed by atoms with Crippen molar-refractivity contribution in [3.8, 4) is 0 Å². The summed E-state index contributed by atoms with van der Waals surface area (Å²) in [5.41, 5.74) is 0. The van der Waals surface area contributed by atoms with Crippen molar-refractivity contribution in [3.63, 3.8) is 0 Å². The van der Waals surface area contributed by atoms with Gasteiger partial charge < -0.3 is 24.2 Å². The SMILES string of the molecule is CC/C=C\C/C=C\C/C=C\C/C=C\C/C=C\C/C=C\CCC(=O)OCC(COP(=O)(O)OCC(CO)OC(=O)CCCCC/C=C\C/C=C\C/C=C\CC)OC(=O)CCCCCCCCCCC/C=C\CCCCCCCC. The molecule has 0 saturated carbocycles. The van der Waals surface area contributed by atoms with Crippen molar-refractivity contribution in [1.82, 2.24) is 0 Å². The van der Waals surface area contributed by atoms with Crippen molar-refractivity contribution in [1.29, 1.82) is 0 Å². The molecule has 12 heteroatoms. The molecule has 0 spiro atoms.